The van der Waals surface area contributed by atoms with Crippen LogP contribution in [0.1, 0.15) is 78.1 Å². The van der Waals surface area contributed by atoms with Gasteiger partial charge in [-0.1, -0.05) is 69.5 Å². The predicted octanol–water partition coefficient (Wildman–Crippen LogP) is 4.90. The highest BCUT2D eigenvalue weighted by atomic mass is 35.5. The van der Waals surface area contributed by atoms with E-state index in [2.05, 4.69) is 18.4 Å². The quantitative estimate of drug-likeness (QED) is 0.253. The van der Waals surface area contributed by atoms with Gasteiger partial charge in [0.1, 0.15) is 0 Å². The Balaban J connectivity index is 2.53. The molecule has 1 aromatic rings. The Kier molecular flexibility index (Phi) is 12.9. The van der Waals surface area contributed by atoms with Gasteiger partial charge in [0.2, 0.25) is 0 Å². The molecule has 4 nitrogen and oxygen atoms in total. The number of hydrogen-bond acceptors (Lipinski definition) is 3. The van der Waals surface area contributed by atoms with Gasteiger partial charge in [-0.15, -0.1) is 11.6 Å². The minimum atomic E-state index is -0.274. The van der Waals surface area contributed by atoms with Gasteiger partial charge in [0.05, 0.1) is 23.4 Å². The maximum atomic E-state index is 9.68. The van der Waals surface area contributed by atoms with Crippen LogP contribution in [0.15, 0.2) is 30.6 Å². The molecule has 0 aliphatic carbocycles. The Morgan fingerprint density at radius 2 is 1.67 bits per heavy atom. The van der Waals surface area contributed by atoms with Gasteiger partial charge in [-0.2, -0.15) is 10.7 Å². The summed E-state index contributed by atoms with van der Waals surface area (Å²) in [6.45, 7) is 4.27. The van der Waals surface area contributed by atoms with Crippen molar-refractivity contribution < 1.29 is 4.68 Å². The van der Waals surface area contributed by atoms with Crippen LogP contribution in [0.3, 0.4) is 0 Å². The lowest BCUT2D eigenvalue weighted by Gasteiger charge is -2.26. The molecule has 0 aromatic carbocycles. The monoisotopic (exact) mass is 393 g/mol. The van der Waals surface area contributed by atoms with Crippen LogP contribution in [-0.2, 0) is 0 Å². The van der Waals surface area contributed by atoms with E-state index in [0.717, 1.165) is 25.7 Å². The zero-order valence-corrected chi connectivity index (χ0v) is 17.9. The third kappa shape index (κ3) is 9.98. The molecule has 1 rings (SSSR count). The molecule has 4 unspecified atom stereocenters. The van der Waals surface area contributed by atoms with Crippen LogP contribution in [0, 0.1) is 17.2 Å². The second-order valence-electron chi connectivity index (χ2n) is 7.50. The second-order valence-corrected chi connectivity index (χ2v) is 8.06. The van der Waals surface area contributed by atoms with E-state index in [1.165, 1.54) is 38.5 Å². The van der Waals surface area contributed by atoms with Gasteiger partial charge in [-0.05, 0) is 19.3 Å². The van der Waals surface area contributed by atoms with Crippen LogP contribution in [0.2, 0.25) is 0 Å². The van der Waals surface area contributed by atoms with Gasteiger partial charge < -0.3 is 5.73 Å². The Morgan fingerprint density at radius 3 is 2.26 bits per heavy atom. The van der Waals surface area contributed by atoms with Crippen molar-refractivity contribution in [3.63, 3.8) is 0 Å². The SMILES string of the molecule is CCCCCCCCCC(N)CC(N[n+]1ccccc1)C(C#N)C(Cl)CC. The number of pyridine rings is 1. The van der Waals surface area contributed by atoms with Crippen molar-refractivity contribution in [2.75, 3.05) is 5.43 Å². The third-order valence-corrected chi connectivity index (χ3v) is 5.71. The van der Waals surface area contributed by atoms with Crippen molar-refractivity contribution in [2.24, 2.45) is 11.7 Å². The fraction of sp³-hybridized carbons (Fsp3) is 0.727. The lowest BCUT2D eigenvalue weighted by molar-refractivity contribution is -0.654. The van der Waals surface area contributed by atoms with Crippen LogP contribution in [0.25, 0.3) is 0 Å². The largest absolute Gasteiger partial charge is 0.328 e. The smallest absolute Gasteiger partial charge is 0.199 e. The molecule has 5 heteroatoms. The standard InChI is InChI=1S/C22H38ClN4/c1-3-5-6-7-8-9-11-14-19(25)17-22(20(18-24)21(23)4-2)26-27-15-12-10-13-16-27/h10,12-13,15-16,19-22,26H,3-9,11,14,17,25H2,1-2H3/q+1. The molecule has 0 aliphatic heterocycles. The molecule has 152 valence electrons. The number of unbranched alkanes of at least 4 members (excludes halogenated alkanes) is 6. The van der Waals surface area contributed by atoms with Gasteiger partial charge in [0.25, 0.3) is 0 Å². The average Bonchev–Trinajstić information content (AvgIpc) is 2.68. The van der Waals surface area contributed by atoms with E-state index in [0.29, 0.717) is 0 Å². The predicted molar refractivity (Wildman–Crippen MR) is 114 cm³/mol. The van der Waals surface area contributed by atoms with E-state index in [1.54, 1.807) is 0 Å². The van der Waals surface area contributed by atoms with Crippen molar-refractivity contribution in [3.05, 3.63) is 30.6 Å². The van der Waals surface area contributed by atoms with E-state index in [-0.39, 0.29) is 23.4 Å². The van der Waals surface area contributed by atoms with Gasteiger partial charge in [-0.3, -0.25) is 0 Å². The molecule has 0 aliphatic rings. The van der Waals surface area contributed by atoms with E-state index in [9.17, 15) is 5.26 Å². The lowest BCUT2D eigenvalue weighted by Crippen LogP contribution is -2.54. The first-order chi connectivity index (χ1) is 13.1. The zero-order chi connectivity index (χ0) is 19.9. The molecule has 27 heavy (non-hydrogen) atoms. The minimum Gasteiger partial charge on any atom is -0.328 e. The summed E-state index contributed by atoms with van der Waals surface area (Å²) in [6, 6.07) is 8.32. The number of aromatic nitrogens is 1. The minimum absolute atomic E-state index is 0.0654. The Bertz CT molecular complexity index is 517. The van der Waals surface area contributed by atoms with E-state index in [4.69, 9.17) is 17.3 Å². The van der Waals surface area contributed by atoms with Crippen molar-refractivity contribution in [3.8, 4) is 6.07 Å². The van der Waals surface area contributed by atoms with Crippen LogP contribution in [-0.4, -0.2) is 17.5 Å². The summed E-state index contributed by atoms with van der Waals surface area (Å²) in [7, 11) is 0. The number of nitrogens with zero attached hydrogens (tertiary/aromatic N) is 2. The van der Waals surface area contributed by atoms with Gasteiger partial charge in [0.15, 0.2) is 12.4 Å². The fourth-order valence-corrected chi connectivity index (χ4v) is 3.67. The summed E-state index contributed by atoms with van der Waals surface area (Å²) in [5, 5.41) is 9.50. The van der Waals surface area contributed by atoms with Gasteiger partial charge in [0, 0.05) is 18.2 Å². The highest BCUT2D eigenvalue weighted by Crippen LogP contribution is 2.22. The Morgan fingerprint density at radius 1 is 1.04 bits per heavy atom. The first kappa shape index (κ1) is 23.7. The molecule has 4 atom stereocenters. The molecular formula is C22H38ClN4+. The highest BCUT2D eigenvalue weighted by Gasteiger charge is 2.31. The summed E-state index contributed by atoms with van der Waals surface area (Å²) >= 11 is 6.45. The van der Waals surface area contributed by atoms with Gasteiger partial charge in [-0.25, -0.2) is 0 Å². The van der Waals surface area contributed by atoms with Crippen LogP contribution in [0.5, 0.6) is 0 Å². The normalized spacial score (nSPS) is 15.5. The summed E-state index contributed by atoms with van der Waals surface area (Å²) in [5.74, 6) is -0.274. The highest BCUT2D eigenvalue weighted by molar-refractivity contribution is 6.21. The molecule has 0 bridgehead atoms. The number of rotatable bonds is 15. The molecule has 0 amide bonds. The average molecular weight is 394 g/mol. The molecule has 0 spiro atoms. The van der Waals surface area contributed by atoms with Crippen molar-refractivity contribution in [1.29, 1.82) is 5.26 Å². The summed E-state index contributed by atoms with van der Waals surface area (Å²) in [6.07, 6.45) is 15.4. The maximum absolute atomic E-state index is 9.68. The fourth-order valence-electron chi connectivity index (χ4n) is 3.44. The molecule has 0 saturated heterocycles. The lowest BCUT2D eigenvalue weighted by atomic mass is 9.90. The number of halogens is 1. The van der Waals surface area contributed by atoms with Crippen LogP contribution in [0.4, 0.5) is 0 Å². The Hall–Kier alpha value is -1.31. The van der Waals surface area contributed by atoms with Crippen LogP contribution >= 0.6 is 11.6 Å². The van der Waals surface area contributed by atoms with Crippen molar-refractivity contribution in [1.82, 2.24) is 0 Å². The zero-order valence-electron chi connectivity index (χ0n) is 17.1. The number of nitrogens with two attached hydrogens (primary N) is 1. The number of nitrogens with one attached hydrogen (secondary N) is 1. The molecule has 0 saturated carbocycles. The number of nitriles is 1. The molecular weight excluding hydrogens is 356 g/mol. The van der Waals surface area contributed by atoms with Gasteiger partial charge >= 0.3 is 0 Å². The summed E-state index contributed by atoms with van der Waals surface area (Å²) in [5.41, 5.74) is 9.85. The second kappa shape index (κ2) is 14.7. The molecule has 1 aromatic heterocycles. The molecule has 0 radical (unpaired) electrons. The molecule has 3 N–H and O–H groups in total. The first-order valence-corrected chi connectivity index (χ1v) is 11.1. The third-order valence-electron chi connectivity index (χ3n) is 5.13. The van der Waals surface area contributed by atoms with Crippen LogP contribution < -0.4 is 15.8 Å². The number of hydrogen-bond donors (Lipinski definition) is 2. The summed E-state index contributed by atoms with van der Waals surface area (Å²) in [4.78, 5) is 0. The maximum Gasteiger partial charge on any atom is 0.199 e. The van der Waals surface area contributed by atoms with E-state index < -0.39 is 0 Å². The topological polar surface area (TPSA) is 65.7 Å². The molecule has 1 heterocycles. The molecule has 0 fully saturated rings. The van der Waals surface area contributed by atoms with E-state index in [1.807, 2.05) is 42.2 Å². The Labute approximate surface area is 171 Å². The first-order valence-electron chi connectivity index (χ1n) is 10.6. The van der Waals surface area contributed by atoms with Crippen molar-refractivity contribution in [2.45, 2.75) is 95.5 Å². The summed E-state index contributed by atoms with van der Waals surface area (Å²) < 4.78 is 1.90. The van der Waals surface area contributed by atoms with Crippen molar-refractivity contribution >= 4 is 11.6 Å². The van der Waals surface area contributed by atoms with E-state index >= 15 is 0 Å². The number of alkyl halides is 1.